The number of nitrogens with one attached hydrogen (secondary N) is 2. The van der Waals surface area contributed by atoms with Crippen LogP contribution in [0.25, 0.3) is 0 Å². The average molecular weight is 462 g/mol. The van der Waals surface area contributed by atoms with E-state index in [1.54, 1.807) is 4.90 Å². The van der Waals surface area contributed by atoms with Crippen molar-refractivity contribution in [3.63, 3.8) is 0 Å². The van der Waals surface area contributed by atoms with Crippen LogP contribution in [0.3, 0.4) is 0 Å². The second-order valence-corrected chi connectivity index (χ2v) is 10.1. The van der Waals surface area contributed by atoms with Gasteiger partial charge in [-0.15, -0.1) is 0 Å². The van der Waals surface area contributed by atoms with Crippen LogP contribution in [0.2, 0.25) is 0 Å². The summed E-state index contributed by atoms with van der Waals surface area (Å²) in [5.41, 5.74) is -0.865. The number of carbonyl (C=O) groups excluding carboxylic acids is 2. The minimum Gasteiger partial charge on any atom is -0.378 e. The summed E-state index contributed by atoms with van der Waals surface area (Å²) in [6.07, 6.45) is 9.76. The van der Waals surface area contributed by atoms with E-state index in [1.807, 2.05) is 0 Å². The minimum atomic E-state index is -0.865. The van der Waals surface area contributed by atoms with Gasteiger partial charge in [-0.1, -0.05) is 46.0 Å². The van der Waals surface area contributed by atoms with Crippen molar-refractivity contribution in [2.45, 2.75) is 95.7 Å². The van der Waals surface area contributed by atoms with Gasteiger partial charge < -0.3 is 25.2 Å². The first-order valence-electron chi connectivity index (χ1n) is 13.1. The number of urea groups is 1. The zero-order valence-corrected chi connectivity index (χ0v) is 20.6. The number of nitrogens with zero attached hydrogens (tertiary/aromatic N) is 3. The molecule has 3 unspecified atom stereocenters. The van der Waals surface area contributed by atoms with Crippen LogP contribution in [0.5, 0.6) is 0 Å². The first kappa shape index (κ1) is 25.8. The van der Waals surface area contributed by atoms with E-state index in [-0.39, 0.29) is 11.9 Å². The second kappa shape index (κ2) is 12.6. The predicted molar refractivity (Wildman–Crippen MR) is 128 cm³/mol. The summed E-state index contributed by atoms with van der Waals surface area (Å²) in [5, 5.41) is 16.3. The van der Waals surface area contributed by atoms with Gasteiger partial charge in [0.2, 0.25) is 5.91 Å². The number of hydrogen-bond acceptors (Lipinski definition) is 5. The molecule has 2 saturated heterocycles. The highest BCUT2D eigenvalue weighted by Crippen LogP contribution is 2.30. The third kappa shape index (κ3) is 7.07. The molecule has 8 heteroatoms. The van der Waals surface area contributed by atoms with E-state index < -0.39 is 11.6 Å². The lowest BCUT2D eigenvalue weighted by Gasteiger charge is -2.44. The van der Waals surface area contributed by atoms with E-state index in [2.05, 4.69) is 35.5 Å². The Morgan fingerprint density at radius 1 is 1.15 bits per heavy atom. The molecular formula is C25H43N5O3. The molecule has 2 heterocycles. The first-order chi connectivity index (χ1) is 16.0. The molecule has 0 spiro atoms. The molecule has 2 N–H and O–H groups in total. The van der Waals surface area contributed by atoms with Crippen LogP contribution >= 0.6 is 0 Å². The molecule has 3 atom stereocenters. The normalized spacial score (nSPS) is 28.0. The lowest BCUT2D eigenvalue weighted by molar-refractivity contribution is -0.125. The van der Waals surface area contributed by atoms with Crippen molar-refractivity contribution in [2.24, 2.45) is 5.92 Å². The molecule has 8 nitrogen and oxygen atoms in total. The highest BCUT2D eigenvalue weighted by molar-refractivity contribution is 5.87. The van der Waals surface area contributed by atoms with Crippen LogP contribution in [0.15, 0.2) is 0 Å². The lowest BCUT2D eigenvalue weighted by atomic mass is 9.82. The quantitative estimate of drug-likeness (QED) is 0.579. The maximum Gasteiger partial charge on any atom is 0.318 e. The van der Waals surface area contributed by atoms with E-state index in [0.29, 0.717) is 57.5 Å². The average Bonchev–Trinajstić information content (AvgIpc) is 2.85. The molecule has 3 aliphatic rings. The third-order valence-electron chi connectivity index (χ3n) is 7.69. The monoisotopic (exact) mass is 461 g/mol. The van der Waals surface area contributed by atoms with E-state index in [9.17, 15) is 14.9 Å². The molecule has 186 valence electrons. The molecule has 0 bridgehead atoms. The third-order valence-corrected chi connectivity index (χ3v) is 7.69. The molecular weight excluding hydrogens is 418 g/mol. The molecule has 3 rings (SSSR count). The molecule has 0 aromatic carbocycles. The highest BCUT2D eigenvalue weighted by Gasteiger charge is 2.42. The van der Waals surface area contributed by atoms with Crippen LogP contribution in [-0.2, 0) is 9.53 Å². The fraction of sp³-hybridized carbons (Fsp3) is 0.880. The number of carbonyl (C=O) groups is 2. The van der Waals surface area contributed by atoms with Gasteiger partial charge in [-0.25, -0.2) is 4.79 Å². The van der Waals surface area contributed by atoms with E-state index in [0.717, 1.165) is 38.8 Å². The Balaban J connectivity index is 1.69. The molecule has 1 aliphatic carbocycles. The molecule has 2 aliphatic heterocycles. The van der Waals surface area contributed by atoms with Gasteiger partial charge in [0.1, 0.15) is 11.6 Å². The molecule has 3 fully saturated rings. The summed E-state index contributed by atoms with van der Waals surface area (Å²) in [7, 11) is 0. The van der Waals surface area contributed by atoms with Gasteiger partial charge in [0.25, 0.3) is 0 Å². The van der Waals surface area contributed by atoms with Crippen molar-refractivity contribution < 1.29 is 14.3 Å². The number of likely N-dealkylation sites (tertiary alicyclic amines) is 1. The Kier molecular flexibility index (Phi) is 9.81. The zero-order chi connectivity index (χ0) is 23.7. The molecule has 1 saturated carbocycles. The van der Waals surface area contributed by atoms with Crippen molar-refractivity contribution in [1.29, 1.82) is 5.26 Å². The van der Waals surface area contributed by atoms with Crippen molar-refractivity contribution >= 4 is 11.9 Å². The van der Waals surface area contributed by atoms with E-state index in [4.69, 9.17) is 4.74 Å². The maximum absolute atomic E-state index is 13.5. The van der Waals surface area contributed by atoms with E-state index in [1.165, 1.54) is 19.3 Å². The van der Waals surface area contributed by atoms with Crippen LogP contribution in [0.1, 0.15) is 78.1 Å². The number of morpholine rings is 1. The second-order valence-electron chi connectivity index (χ2n) is 10.1. The van der Waals surface area contributed by atoms with Crippen molar-refractivity contribution in [3.8, 4) is 6.07 Å². The SMILES string of the molecule is CCCN1CCC(C#N)(NC(=O)C(CC2CCCCC2)NC(=O)N2CCOCC2)CC1CC. The van der Waals surface area contributed by atoms with Gasteiger partial charge in [-0.3, -0.25) is 4.79 Å². The van der Waals surface area contributed by atoms with Gasteiger partial charge in [0, 0.05) is 25.7 Å². The summed E-state index contributed by atoms with van der Waals surface area (Å²) >= 11 is 0. The topological polar surface area (TPSA) is 97.7 Å². The van der Waals surface area contributed by atoms with Crippen molar-refractivity contribution in [1.82, 2.24) is 20.4 Å². The lowest BCUT2D eigenvalue weighted by Crippen LogP contribution is -2.62. The molecule has 0 radical (unpaired) electrons. The Hall–Kier alpha value is -1.85. The molecule has 0 aromatic rings. The van der Waals surface area contributed by atoms with Crippen molar-refractivity contribution in [3.05, 3.63) is 0 Å². The first-order valence-corrected chi connectivity index (χ1v) is 13.1. The molecule has 0 aromatic heterocycles. The fourth-order valence-electron chi connectivity index (χ4n) is 5.70. The van der Waals surface area contributed by atoms with Crippen LogP contribution in [-0.4, -0.2) is 78.8 Å². The Morgan fingerprint density at radius 3 is 2.52 bits per heavy atom. The van der Waals surface area contributed by atoms with Gasteiger partial charge in [-0.05, 0) is 44.6 Å². The van der Waals surface area contributed by atoms with Crippen molar-refractivity contribution in [2.75, 3.05) is 39.4 Å². The zero-order valence-electron chi connectivity index (χ0n) is 20.6. The fourth-order valence-corrected chi connectivity index (χ4v) is 5.70. The summed E-state index contributed by atoms with van der Waals surface area (Å²) in [6.45, 7) is 8.29. The van der Waals surface area contributed by atoms with Crippen LogP contribution < -0.4 is 10.6 Å². The van der Waals surface area contributed by atoms with Crippen LogP contribution in [0.4, 0.5) is 4.79 Å². The van der Waals surface area contributed by atoms with Gasteiger partial charge in [-0.2, -0.15) is 5.26 Å². The van der Waals surface area contributed by atoms with Gasteiger partial charge in [0.15, 0.2) is 0 Å². The summed E-state index contributed by atoms with van der Waals surface area (Å²) < 4.78 is 5.36. The minimum absolute atomic E-state index is 0.204. The smallest absolute Gasteiger partial charge is 0.318 e. The maximum atomic E-state index is 13.5. The number of hydrogen-bond donors (Lipinski definition) is 2. The number of piperidine rings is 1. The predicted octanol–water partition coefficient (Wildman–Crippen LogP) is 3.03. The largest absolute Gasteiger partial charge is 0.378 e. The Bertz CT molecular complexity index is 684. The Morgan fingerprint density at radius 2 is 1.88 bits per heavy atom. The summed E-state index contributed by atoms with van der Waals surface area (Å²) in [6, 6.07) is 1.93. The summed E-state index contributed by atoms with van der Waals surface area (Å²) in [5.74, 6) is 0.231. The summed E-state index contributed by atoms with van der Waals surface area (Å²) in [4.78, 5) is 30.6. The number of nitriles is 1. The van der Waals surface area contributed by atoms with Gasteiger partial charge in [0.05, 0.1) is 19.3 Å². The number of rotatable bonds is 8. The standard InChI is InChI=1S/C25H43N5O3/c1-3-11-29-12-10-25(19-26,18-21(29)4-2)28-23(31)22(17-20-8-6-5-7-9-20)27-24(32)30-13-15-33-16-14-30/h20-22H,3-18H2,1-2H3,(H,27,32)(H,28,31). The highest BCUT2D eigenvalue weighted by atomic mass is 16.5. The number of amides is 3. The van der Waals surface area contributed by atoms with Crippen LogP contribution in [0, 0.1) is 17.2 Å². The van der Waals surface area contributed by atoms with Gasteiger partial charge >= 0.3 is 6.03 Å². The molecule has 33 heavy (non-hydrogen) atoms. The van der Waals surface area contributed by atoms with E-state index >= 15 is 0 Å². The molecule has 3 amide bonds. The number of ether oxygens (including phenoxy) is 1. The Labute approximate surface area is 199 Å².